The maximum absolute atomic E-state index is 12.8. The van der Waals surface area contributed by atoms with E-state index in [0.717, 1.165) is 151 Å². The molecule has 3 N–H and O–H groups in total. The van der Waals surface area contributed by atoms with Gasteiger partial charge in [0.25, 0.3) is 0 Å². The van der Waals surface area contributed by atoms with Crippen molar-refractivity contribution < 1.29 is 76.3 Å². The summed E-state index contributed by atoms with van der Waals surface area (Å²) in [6.07, 6.45) is 23.8. The molecular weight excluding hydrogens is 1610 g/mol. The molecule has 4 heterocycles. The van der Waals surface area contributed by atoms with Crippen molar-refractivity contribution in [2.75, 3.05) is 232 Å². The molecule has 0 atom stereocenters. The van der Waals surface area contributed by atoms with Gasteiger partial charge in [-0.25, -0.2) is 14.3 Å². The molecule has 2 saturated heterocycles. The Balaban J connectivity index is 0.000000381. The molecule has 0 bridgehead atoms. The van der Waals surface area contributed by atoms with Crippen molar-refractivity contribution in [1.29, 1.82) is 0 Å². The third-order valence-corrected chi connectivity index (χ3v) is 20.9. The number of β-amino-alcohol motifs (C(OH)–C–C–N with tert-alkyl or cyclic N) is 1. The first-order valence-electron chi connectivity index (χ1n) is 47.1. The standard InChI is InChI=1S/C21H16N2O2.C15H33N.C14H11N.C13H27NO5.C12H27NO6.C12H19N.C10H20O.C6H13NO2/c24-21(25-15-16-9-3-1-4-10-16)23-19-14-8-7-13-18(19)22-20(23)17-11-5-2-6-12-17;1-4-7-10-13-16(14-11-8-5-2)15-12-9-6-3;1-2-6-11(7-3-1)14-10-12-8-4-5-9-13(12)15-14;1-15-8-9-18-12-13-19-11-10-17-7-4-14-2-5-16-6-3-14;1-14-10-17-7-4-13(5-8-18-11-15-2)6-9-19-12-16-3;1-8(2)10-6-5-7-11(9(3)4)12(10)13;1-2-3-4-5-6-7-8-9-10-11;8-4-1-7-2-5-9-6-3-7/h1-14H,15H2;4-15H2,1-3H3;1-9H,10H2;2-13H2,1H3;4-12H2,1-3H3;5-9H,13H2,1-4H3;10H,2-9H2,1H3;8H,1-6H2. The monoisotopic (exact) mass is 1770 g/mol. The summed E-state index contributed by atoms with van der Waals surface area (Å²) in [5.41, 5.74) is 17.8. The maximum atomic E-state index is 12.8. The number of hydrogen-bond acceptors (Lipinski definition) is 23. The zero-order valence-electron chi connectivity index (χ0n) is 80.2. The second kappa shape index (κ2) is 79.7. The molecule has 0 spiro atoms. The molecular formula is C103H166N8O16. The van der Waals surface area contributed by atoms with E-state index in [-0.39, 0.29) is 13.2 Å². The number of benzene rings is 6. The van der Waals surface area contributed by atoms with Crippen LogP contribution in [0.3, 0.4) is 0 Å². The third-order valence-electron chi connectivity index (χ3n) is 20.9. The number of aliphatic hydroxyl groups excluding tert-OH is 1. The minimum absolute atomic E-state index is 0.223. The number of rotatable bonds is 55. The topological polar surface area (TPSA) is 244 Å². The van der Waals surface area contributed by atoms with Crippen LogP contribution in [-0.4, -0.2) is 279 Å². The number of anilines is 1. The number of methoxy groups -OCH3 is 4. The molecule has 2 fully saturated rings. The number of aldehydes is 1. The number of carbonyl (C=O) groups is 2. The lowest BCUT2D eigenvalue weighted by atomic mass is 9.93. The Hall–Kier alpha value is -7.28. The van der Waals surface area contributed by atoms with Gasteiger partial charge in [-0.3, -0.25) is 19.7 Å². The van der Waals surface area contributed by atoms with Gasteiger partial charge in [0.05, 0.1) is 122 Å². The van der Waals surface area contributed by atoms with Gasteiger partial charge in [-0.15, -0.1) is 0 Å². The van der Waals surface area contributed by atoms with E-state index in [4.69, 9.17) is 72.4 Å². The summed E-state index contributed by atoms with van der Waals surface area (Å²) in [4.78, 5) is 41.4. The van der Waals surface area contributed by atoms with Crippen LogP contribution in [0.2, 0.25) is 0 Å². The number of fused-ring (bicyclic) bond motifs is 2. The number of nitrogen functional groups attached to an aromatic ring is 1. The predicted molar refractivity (Wildman–Crippen MR) is 519 cm³/mol. The molecule has 6 aromatic carbocycles. The summed E-state index contributed by atoms with van der Waals surface area (Å²) >= 11 is 0. The Morgan fingerprint density at radius 2 is 0.898 bits per heavy atom. The Kier molecular flexibility index (Phi) is 71.4. The van der Waals surface area contributed by atoms with Gasteiger partial charge in [0.15, 0.2) is 5.82 Å². The van der Waals surface area contributed by atoms with Crippen molar-refractivity contribution in [3.63, 3.8) is 0 Å². The van der Waals surface area contributed by atoms with Gasteiger partial charge < -0.3 is 82.1 Å². The quantitative estimate of drug-likeness (QED) is 0.0156. The number of nitrogens with zero attached hydrogens (tertiary/aromatic N) is 7. The van der Waals surface area contributed by atoms with Gasteiger partial charge in [-0.05, 0) is 103 Å². The van der Waals surface area contributed by atoms with Crippen LogP contribution in [0.25, 0.3) is 22.4 Å². The van der Waals surface area contributed by atoms with E-state index >= 15 is 0 Å². The molecule has 0 amide bonds. The molecule has 127 heavy (non-hydrogen) atoms. The van der Waals surface area contributed by atoms with Crippen molar-refractivity contribution in [2.45, 2.75) is 189 Å². The lowest BCUT2D eigenvalue weighted by molar-refractivity contribution is -0.107. The second-order valence-corrected chi connectivity index (χ2v) is 31.8. The number of nitrogens with two attached hydrogens (primary N) is 1. The molecule has 7 aromatic rings. The van der Waals surface area contributed by atoms with Crippen molar-refractivity contribution in [3.05, 3.63) is 186 Å². The van der Waals surface area contributed by atoms with E-state index in [0.29, 0.717) is 97.5 Å². The number of imidazole rings is 1. The largest absolute Gasteiger partial charge is 0.444 e. The van der Waals surface area contributed by atoms with Gasteiger partial charge >= 0.3 is 6.09 Å². The van der Waals surface area contributed by atoms with Crippen molar-refractivity contribution >= 4 is 40.5 Å². The number of unbranched alkanes of at least 4 members (excludes halogenated alkanes) is 13. The fraction of sp³-hybridized carbons (Fsp3) is 0.612. The highest BCUT2D eigenvalue weighted by Crippen LogP contribution is 2.31. The van der Waals surface area contributed by atoms with Gasteiger partial charge in [-0.1, -0.05) is 272 Å². The average Bonchev–Trinajstić information content (AvgIpc) is 1.63. The molecule has 24 nitrogen and oxygen atoms in total. The number of ether oxygens (including phenoxy) is 13. The number of aliphatic hydroxyl groups is 1. The number of carbonyl (C=O) groups excluding carboxylic acids is 2. The molecule has 714 valence electrons. The van der Waals surface area contributed by atoms with Crippen LogP contribution in [0.4, 0.5) is 16.2 Å². The predicted octanol–water partition coefficient (Wildman–Crippen LogP) is 19.4. The summed E-state index contributed by atoms with van der Waals surface area (Å²) in [5.74, 6) is 1.61. The van der Waals surface area contributed by atoms with E-state index in [2.05, 4.69) is 146 Å². The number of hydrogen-bond donors (Lipinski definition) is 2. The fourth-order valence-corrected chi connectivity index (χ4v) is 13.6. The van der Waals surface area contributed by atoms with E-state index in [1.165, 1.54) is 148 Å². The molecule has 3 aliphatic rings. The molecule has 24 heteroatoms. The zero-order chi connectivity index (χ0) is 91.9. The highest BCUT2D eigenvalue weighted by Gasteiger charge is 2.21. The highest BCUT2D eigenvalue weighted by molar-refractivity contribution is 6.06. The minimum Gasteiger partial charge on any atom is -0.444 e. The summed E-state index contributed by atoms with van der Waals surface area (Å²) < 4.78 is 68.8. The van der Waals surface area contributed by atoms with E-state index in [1.807, 2.05) is 97.1 Å². The van der Waals surface area contributed by atoms with Gasteiger partial charge in [0.2, 0.25) is 0 Å². The van der Waals surface area contributed by atoms with Crippen LogP contribution in [0, 0.1) is 0 Å². The molecule has 3 aliphatic heterocycles. The first kappa shape index (κ1) is 114. The normalized spacial score (nSPS) is 12.9. The molecule has 0 aliphatic carbocycles. The Labute approximate surface area is 765 Å². The smallest absolute Gasteiger partial charge is 0.420 e. The van der Waals surface area contributed by atoms with E-state index in [9.17, 15) is 9.59 Å². The van der Waals surface area contributed by atoms with Crippen molar-refractivity contribution in [2.24, 2.45) is 4.99 Å². The second-order valence-electron chi connectivity index (χ2n) is 31.8. The van der Waals surface area contributed by atoms with E-state index < -0.39 is 6.09 Å². The summed E-state index contributed by atoms with van der Waals surface area (Å²) in [6, 6.07) is 51.9. The lowest BCUT2D eigenvalue weighted by Crippen LogP contribution is -2.38. The Morgan fingerprint density at radius 1 is 0.465 bits per heavy atom. The molecule has 10 rings (SSSR count). The fourth-order valence-electron chi connectivity index (χ4n) is 13.6. The Bertz CT molecular complexity index is 3620. The molecule has 1 aromatic heterocycles. The summed E-state index contributed by atoms with van der Waals surface area (Å²) in [5, 5.41) is 8.54. The summed E-state index contributed by atoms with van der Waals surface area (Å²) in [7, 11) is 6.48. The highest BCUT2D eigenvalue weighted by atomic mass is 16.7. The molecule has 0 saturated carbocycles. The van der Waals surface area contributed by atoms with Crippen LogP contribution < -0.4 is 5.73 Å². The van der Waals surface area contributed by atoms with Gasteiger partial charge in [-0.2, -0.15) is 0 Å². The first-order chi connectivity index (χ1) is 62.3. The SMILES string of the molecule is CC(C)c1cccc(C(C)C)c1N.CCCCCCCCCC=O.CCCCCN(CCCCC)CCCCC.COCCOCCOCCOCCN1CCOCC1.COCOCCN(CCOCOC)CCOCOC.O=C(OCc1ccccc1)n1c(-c2ccccc2)nc2ccccc21.OCCN1CCOCC1.c1ccc(C2=Nc3ccccc3C2)cc1. The van der Waals surface area contributed by atoms with Gasteiger partial charge in [0, 0.05) is 111 Å². The number of para-hydroxylation sites is 4. The number of aliphatic imine (C=N–C) groups is 1. The third kappa shape index (κ3) is 55.5. The zero-order valence-corrected chi connectivity index (χ0v) is 80.2. The van der Waals surface area contributed by atoms with Gasteiger partial charge in [0.1, 0.15) is 33.3 Å². The Morgan fingerprint density at radius 3 is 1.38 bits per heavy atom. The number of morpholine rings is 2. The van der Waals surface area contributed by atoms with Crippen LogP contribution >= 0.6 is 0 Å². The maximum Gasteiger partial charge on any atom is 0.420 e. The molecule has 0 radical (unpaired) electrons. The first-order valence-corrected chi connectivity index (χ1v) is 47.1. The van der Waals surface area contributed by atoms with Crippen molar-refractivity contribution in [3.8, 4) is 11.4 Å². The van der Waals surface area contributed by atoms with Crippen LogP contribution in [-0.2, 0) is 79.4 Å². The molecule has 0 unspecified atom stereocenters. The van der Waals surface area contributed by atoms with Crippen LogP contribution in [0.5, 0.6) is 0 Å². The minimum atomic E-state index is -0.434. The lowest BCUT2D eigenvalue weighted by Gasteiger charge is -2.26. The summed E-state index contributed by atoms with van der Waals surface area (Å²) in [6.45, 7) is 41.0. The van der Waals surface area contributed by atoms with Crippen molar-refractivity contribution in [1.82, 2.24) is 29.2 Å². The average molecular weight is 1770 g/mol. The number of aromatic nitrogens is 2. The van der Waals surface area contributed by atoms with E-state index in [1.54, 1.807) is 28.4 Å². The van der Waals surface area contributed by atoms with Crippen LogP contribution in [0.15, 0.2) is 163 Å². The van der Waals surface area contributed by atoms with Crippen LogP contribution in [0.1, 0.15) is 204 Å².